The standard InChI is InChI=1S/C15H24N4OS/c1-3-19(12(2)20)14-17-13(9-21-14)8-18-7-5-15(11-18)4-6-16-10-15/h9,16H,3-8,10-11H2,1-2H3. The van der Waals surface area contributed by atoms with Crippen molar-refractivity contribution in [2.24, 2.45) is 5.41 Å². The van der Waals surface area contributed by atoms with Gasteiger partial charge in [-0.05, 0) is 38.3 Å². The van der Waals surface area contributed by atoms with E-state index in [1.54, 1.807) is 23.2 Å². The van der Waals surface area contributed by atoms with Crippen LogP contribution in [-0.2, 0) is 11.3 Å². The molecule has 1 amide bonds. The second kappa shape index (κ2) is 6.02. The molecule has 0 bridgehead atoms. The highest BCUT2D eigenvalue weighted by atomic mass is 32.1. The Morgan fingerprint density at radius 2 is 2.43 bits per heavy atom. The van der Waals surface area contributed by atoms with Crippen molar-refractivity contribution in [1.29, 1.82) is 0 Å². The number of thiazole rings is 1. The Bertz CT molecular complexity index is 510. The van der Waals surface area contributed by atoms with Crippen molar-refractivity contribution in [2.75, 3.05) is 37.6 Å². The summed E-state index contributed by atoms with van der Waals surface area (Å²) in [6, 6.07) is 0. The van der Waals surface area contributed by atoms with Crippen LogP contribution in [-0.4, -0.2) is 48.5 Å². The summed E-state index contributed by atoms with van der Waals surface area (Å²) in [5.41, 5.74) is 1.60. The van der Waals surface area contributed by atoms with Crippen LogP contribution in [0, 0.1) is 5.41 Å². The first kappa shape index (κ1) is 14.9. The zero-order chi connectivity index (χ0) is 14.9. The van der Waals surface area contributed by atoms with Gasteiger partial charge in [-0.3, -0.25) is 14.6 Å². The fourth-order valence-corrected chi connectivity index (χ4v) is 4.44. The maximum absolute atomic E-state index is 11.6. The summed E-state index contributed by atoms with van der Waals surface area (Å²) in [6.45, 7) is 9.85. The lowest BCUT2D eigenvalue weighted by molar-refractivity contribution is -0.116. The van der Waals surface area contributed by atoms with E-state index in [1.165, 1.54) is 39.0 Å². The molecule has 2 aliphatic heterocycles. The van der Waals surface area contributed by atoms with E-state index < -0.39 is 0 Å². The largest absolute Gasteiger partial charge is 0.316 e. The summed E-state index contributed by atoms with van der Waals surface area (Å²) >= 11 is 1.57. The Labute approximate surface area is 130 Å². The molecule has 0 aromatic carbocycles. The van der Waals surface area contributed by atoms with Crippen LogP contribution in [0.3, 0.4) is 0 Å². The van der Waals surface area contributed by atoms with E-state index in [4.69, 9.17) is 0 Å². The molecule has 3 rings (SSSR count). The van der Waals surface area contributed by atoms with Gasteiger partial charge in [0.15, 0.2) is 5.13 Å². The third-order valence-corrected chi connectivity index (χ3v) is 5.61. The summed E-state index contributed by atoms with van der Waals surface area (Å²) < 4.78 is 0. The molecule has 1 N–H and O–H groups in total. The molecule has 0 saturated carbocycles. The molecule has 3 heterocycles. The predicted molar refractivity (Wildman–Crippen MR) is 85.6 cm³/mol. The van der Waals surface area contributed by atoms with Gasteiger partial charge in [-0.25, -0.2) is 4.98 Å². The minimum Gasteiger partial charge on any atom is -0.316 e. The van der Waals surface area contributed by atoms with E-state index in [1.807, 2.05) is 6.92 Å². The smallest absolute Gasteiger partial charge is 0.225 e. The number of nitrogens with one attached hydrogen (secondary N) is 1. The van der Waals surface area contributed by atoms with Crippen LogP contribution in [0.4, 0.5) is 5.13 Å². The average Bonchev–Trinajstić information content (AvgIpc) is 3.15. The highest BCUT2D eigenvalue weighted by molar-refractivity contribution is 7.14. The summed E-state index contributed by atoms with van der Waals surface area (Å²) in [5, 5.41) is 6.42. The second-order valence-corrected chi connectivity index (χ2v) is 7.11. The number of hydrogen-bond acceptors (Lipinski definition) is 5. The quantitative estimate of drug-likeness (QED) is 0.920. The molecule has 1 aromatic heterocycles. The Morgan fingerprint density at radius 1 is 1.57 bits per heavy atom. The molecular formula is C15H24N4OS. The number of amides is 1. The molecule has 1 aromatic rings. The van der Waals surface area contributed by atoms with Crippen molar-refractivity contribution < 1.29 is 4.79 Å². The van der Waals surface area contributed by atoms with Crippen LogP contribution >= 0.6 is 11.3 Å². The second-order valence-electron chi connectivity index (χ2n) is 6.27. The van der Waals surface area contributed by atoms with E-state index in [-0.39, 0.29) is 5.91 Å². The molecule has 0 aliphatic carbocycles. The molecule has 1 atom stereocenters. The topological polar surface area (TPSA) is 48.5 Å². The van der Waals surface area contributed by atoms with Crippen LogP contribution in [0.1, 0.15) is 32.4 Å². The molecular weight excluding hydrogens is 284 g/mol. The highest BCUT2D eigenvalue weighted by Gasteiger charge is 2.40. The molecule has 5 nitrogen and oxygen atoms in total. The van der Waals surface area contributed by atoms with Crippen molar-refractivity contribution in [2.45, 2.75) is 33.2 Å². The molecule has 2 fully saturated rings. The number of carbonyl (C=O) groups excluding carboxylic acids is 1. The first-order chi connectivity index (χ1) is 10.1. The molecule has 0 radical (unpaired) electrons. The summed E-state index contributed by atoms with van der Waals surface area (Å²) in [7, 11) is 0. The van der Waals surface area contributed by atoms with Gasteiger partial charge in [-0.1, -0.05) is 0 Å². The number of anilines is 1. The summed E-state index contributed by atoms with van der Waals surface area (Å²) in [6.07, 6.45) is 2.60. The van der Waals surface area contributed by atoms with Crippen LogP contribution in [0.5, 0.6) is 0 Å². The van der Waals surface area contributed by atoms with Gasteiger partial charge >= 0.3 is 0 Å². The van der Waals surface area contributed by atoms with E-state index in [9.17, 15) is 4.79 Å². The number of hydrogen-bond donors (Lipinski definition) is 1. The van der Waals surface area contributed by atoms with E-state index in [0.29, 0.717) is 12.0 Å². The van der Waals surface area contributed by atoms with Gasteiger partial charge in [0.05, 0.1) is 5.69 Å². The van der Waals surface area contributed by atoms with Gasteiger partial charge in [-0.15, -0.1) is 11.3 Å². The van der Waals surface area contributed by atoms with Crippen LogP contribution < -0.4 is 10.2 Å². The fraction of sp³-hybridized carbons (Fsp3) is 0.733. The van der Waals surface area contributed by atoms with Crippen LogP contribution in [0.15, 0.2) is 5.38 Å². The SMILES string of the molecule is CCN(C(C)=O)c1nc(CN2CCC3(CCNC3)C2)cs1. The molecule has 1 unspecified atom stereocenters. The predicted octanol–water partition coefficient (Wildman–Crippen LogP) is 1.70. The Morgan fingerprint density at radius 3 is 3.10 bits per heavy atom. The van der Waals surface area contributed by atoms with E-state index in [2.05, 4.69) is 20.6 Å². The fourth-order valence-electron chi connectivity index (χ4n) is 3.52. The lowest BCUT2D eigenvalue weighted by Gasteiger charge is -2.22. The Kier molecular flexibility index (Phi) is 4.28. The lowest BCUT2D eigenvalue weighted by Crippen LogP contribution is -2.29. The Hall–Kier alpha value is -0.980. The van der Waals surface area contributed by atoms with Crippen molar-refractivity contribution in [3.63, 3.8) is 0 Å². The highest BCUT2D eigenvalue weighted by Crippen LogP contribution is 2.36. The van der Waals surface area contributed by atoms with Gasteiger partial charge in [0, 0.05) is 38.5 Å². The monoisotopic (exact) mass is 308 g/mol. The van der Waals surface area contributed by atoms with Crippen molar-refractivity contribution in [3.05, 3.63) is 11.1 Å². The third kappa shape index (κ3) is 3.12. The zero-order valence-electron chi connectivity index (χ0n) is 12.9. The zero-order valence-corrected chi connectivity index (χ0v) is 13.7. The number of carbonyl (C=O) groups is 1. The summed E-state index contributed by atoms with van der Waals surface area (Å²) in [5.74, 6) is 0.0653. The van der Waals surface area contributed by atoms with Gasteiger partial charge in [0.2, 0.25) is 5.91 Å². The first-order valence-electron chi connectivity index (χ1n) is 7.77. The minimum atomic E-state index is 0.0653. The van der Waals surface area contributed by atoms with Gasteiger partial charge in [-0.2, -0.15) is 0 Å². The summed E-state index contributed by atoms with van der Waals surface area (Å²) in [4.78, 5) is 20.5. The maximum Gasteiger partial charge on any atom is 0.225 e. The molecule has 6 heteroatoms. The van der Waals surface area contributed by atoms with Gasteiger partial charge in [0.1, 0.15) is 0 Å². The van der Waals surface area contributed by atoms with Crippen LogP contribution in [0.2, 0.25) is 0 Å². The van der Waals surface area contributed by atoms with Gasteiger partial charge < -0.3 is 5.32 Å². The molecule has 1 spiro atoms. The van der Waals surface area contributed by atoms with Gasteiger partial charge in [0.25, 0.3) is 0 Å². The number of nitrogens with zero attached hydrogens (tertiary/aromatic N) is 3. The van der Waals surface area contributed by atoms with Crippen LogP contribution in [0.25, 0.3) is 0 Å². The normalized spacial score (nSPS) is 25.8. The number of aromatic nitrogens is 1. The molecule has 21 heavy (non-hydrogen) atoms. The molecule has 2 aliphatic rings. The molecule has 2 saturated heterocycles. The van der Waals surface area contributed by atoms with Crippen molar-refractivity contribution in [3.8, 4) is 0 Å². The Balaban J connectivity index is 1.61. The minimum absolute atomic E-state index is 0.0653. The van der Waals surface area contributed by atoms with Crippen molar-refractivity contribution >= 4 is 22.4 Å². The molecule has 116 valence electrons. The number of rotatable bonds is 4. The third-order valence-electron chi connectivity index (χ3n) is 4.70. The van der Waals surface area contributed by atoms with E-state index >= 15 is 0 Å². The van der Waals surface area contributed by atoms with E-state index in [0.717, 1.165) is 17.4 Å². The van der Waals surface area contributed by atoms with Crippen molar-refractivity contribution in [1.82, 2.24) is 15.2 Å². The maximum atomic E-state index is 11.6. The lowest BCUT2D eigenvalue weighted by atomic mass is 9.87. The first-order valence-corrected chi connectivity index (χ1v) is 8.65. The average molecular weight is 308 g/mol. The number of likely N-dealkylation sites (tertiary alicyclic amines) is 1.